The number of hydrogen-bond donors (Lipinski definition) is 1. The number of aromatic nitrogens is 5. The topological polar surface area (TPSA) is 104 Å². The minimum Gasteiger partial charge on any atom is -0.494 e. The van der Waals surface area contributed by atoms with Gasteiger partial charge in [0.15, 0.2) is 11.2 Å². The van der Waals surface area contributed by atoms with Crippen LogP contribution in [0.1, 0.15) is 43.7 Å². The SMILES string of the molecule is CCCCCCc1c(O)n(Cc2ccccc2)c2nc3c(c(=O)n(C)c(=O)n3C)n2c1=O. The van der Waals surface area contributed by atoms with Crippen LogP contribution >= 0.6 is 0 Å². The number of aryl methyl sites for hydroxylation is 1. The van der Waals surface area contributed by atoms with Gasteiger partial charge in [-0.1, -0.05) is 56.5 Å². The van der Waals surface area contributed by atoms with Crippen molar-refractivity contribution in [2.24, 2.45) is 14.1 Å². The van der Waals surface area contributed by atoms with E-state index in [4.69, 9.17) is 0 Å². The van der Waals surface area contributed by atoms with Gasteiger partial charge in [-0.25, -0.2) is 9.20 Å². The number of benzene rings is 1. The molecule has 0 spiro atoms. The maximum absolute atomic E-state index is 13.5. The molecule has 3 heterocycles. The molecule has 0 bridgehead atoms. The van der Waals surface area contributed by atoms with Crippen molar-refractivity contribution in [3.8, 4) is 5.88 Å². The van der Waals surface area contributed by atoms with Crippen molar-refractivity contribution in [3.05, 3.63) is 72.7 Å². The first-order chi connectivity index (χ1) is 15.4. The third-order valence-corrected chi connectivity index (χ3v) is 5.93. The molecule has 3 aromatic heterocycles. The Kier molecular flexibility index (Phi) is 5.73. The summed E-state index contributed by atoms with van der Waals surface area (Å²) in [6.07, 6.45) is 4.17. The molecule has 0 fully saturated rings. The zero-order valence-corrected chi connectivity index (χ0v) is 18.5. The summed E-state index contributed by atoms with van der Waals surface area (Å²) in [6.45, 7) is 2.37. The summed E-state index contributed by atoms with van der Waals surface area (Å²) in [5.74, 6) is -0.0260. The summed E-state index contributed by atoms with van der Waals surface area (Å²) in [6, 6.07) is 9.49. The fourth-order valence-corrected chi connectivity index (χ4v) is 4.10. The number of imidazole rings is 1. The molecule has 0 unspecified atom stereocenters. The zero-order chi connectivity index (χ0) is 23.0. The number of fused-ring (bicyclic) bond motifs is 3. The molecule has 0 saturated heterocycles. The molecule has 0 amide bonds. The van der Waals surface area contributed by atoms with Crippen molar-refractivity contribution in [1.82, 2.24) is 23.1 Å². The molecule has 0 aliphatic carbocycles. The second kappa shape index (κ2) is 8.49. The Bertz CT molecular complexity index is 1470. The van der Waals surface area contributed by atoms with Crippen LogP contribution in [0, 0.1) is 0 Å². The molecule has 0 aliphatic heterocycles. The summed E-state index contributed by atoms with van der Waals surface area (Å²) in [7, 11) is 2.88. The lowest BCUT2D eigenvalue weighted by Crippen LogP contribution is -2.38. The summed E-state index contributed by atoms with van der Waals surface area (Å²) < 4.78 is 4.99. The molecule has 1 aromatic carbocycles. The maximum Gasteiger partial charge on any atom is 0.332 e. The van der Waals surface area contributed by atoms with E-state index in [9.17, 15) is 19.5 Å². The first kappa shape index (κ1) is 21.6. The van der Waals surface area contributed by atoms with E-state index in [0.717, 1.165) is 35.8 Å². The van der Waals surface area contributed by atoms with Gasteiger partial charge in [0.25, 0.3) is 11.1 Å². The van der Waals surface area contributed by atoms with E-state index >= 15 is 0 Å². The minimum absolute atomic E-state index is 0.0335. The van der Waals surface area contributed by atoms with Gasteiger partial charge in [0.05, 0.1) is 12.1 Å². The molecule has 1 N–H and O–H groups in total. The minimum atomic E-state index is -0.596. The average Bonchev–Trinajstić information content (AvgIpc) is 3.20. The Morgan fingerprint density at radius 1 is 0.938 bits per heavy atom. The van der Waals surface area contributed by atoms with Gasteiger partial charge in [0, 0.05) is 14.1 Å². The fourth-order valence-electron chi connectivity index (χ4n) is 4.10. The molecule has 168 valence electrons. The Morgan fingerprint density at radius 3 is 2.34 bits per heavy atom. The van der Waals surface area contributed by atoms with E-state index in [1.54, 1.807) is 0 Å². The van der Waals surface area contributed by atoms with Crippen LogP contribution in [0.3, 0.4) is 0 Å². The highest BCUT2D eigenvalue weighted by Gasteiger charge is 2.24. The van der Waals surface area contributed by atoms with Crippen molar-refractivity contribution in [3.63, 3.8) is 0 Å². The average molecular weight is 438 g/mol. The van der Waals surface area contributed by atoms with Gasteiger partial charge >= 0.3 is 5.69 Å². The monoisotopic (exact) mass is 437 g/mol. The molecule has 4 rings (SSSR count). The van der Waals surface area contributed by atoms with E-state index in [1.807, 2.05) is 30.3 Å². The van der Waals surface area contributed by atoms with E-state index < -0.39 is 16.8 Å². The van der Waals surface area contributed by atoms with Crippen LogP contribution in [0.15, 0.2) is 44.7 Å². The summed E-state index contributed by atoms with van der Waals surface area (Å²) in [5.41, 5.74) is -0.306. The largest absolute Gasteiger partial charge is 0.494 e. The van der Waals surface area contributed by atoms with Gasteiger partial charge in [-0.3, -0.25) is 23.3 Å². The van der Waals surface area contributed by atoms with Crippen LogP contribution in [-0.2, 0) is 27.1 Å². The third kappa shape index (κ3) is 3.43. The molecule has 0 radical (unpaired) electrons. The van der Waals surface area contributed by atoms with Crippen LogP contribution in [0.2, 0.25) is 0 Å². The predicted molar refractivity (Wildman–Crippen MR) is 122 cm³/mol. The zero-order valence-electron chi connectivity index (χ0n) is 18.5. The highest BCUT2D eigenvalue weighted by molar-refractivity contribution is 5.75. The lowest BCUT2D eigenvalue weighted by Gasteiger charge is -2.15. The normalized spacial score (nSPS) is 11.6. The molecule has 4 aromatic rings. The van der Waals surface area contributed by atoms with E-state index in [2.05, 4.69) is 11.9 Å². The first-order valence-electron chi connectivity index (χ1n) is 10.8. The second-order valence-corrected chi connectivity index (χ2v) is 8.11. The van der Waals surface area contributed by atoms with Crippen LogP contribution in [0.4, 0.5) is 0 Å². The van der Waals surface area contributed by atoms with Gasteiger partial charge in [-0.2, -0.15) is 4.98 Å². The quantitative estimate of drug-likeness (QED) is 0.445. The highest BCUT2D eigenvalue weighted by Crippen LogP contribution is 2.23. The highest BCUT2D eigenvalue weighted by atomic mass is 16.3. The Labute approximate surface area is 183 Å². The van der Waals surface area contributed by atoms with Gasteiger partial charge in [0.2, 0.25) is 11.7 Å². The predicted octanol–water partition coefficient (Wildman–Crippen LogP) is 1.92. The van der Waals surface area contributed by atoms with Gasteiger partial charge in [-0.15, -0.1) is 0 Å². The Morgan fingerprint density at radius 2 is 1.66 bits per heavy atom. The van der Waals surface area contributed by atoms with Crippen molar-refractivity contribution in [2.75, 3.05) is 0 Å². The lowest BCUT2D eigenvalue weighted by molar-refractivity contribution is 0.410. The first-order valence-corrected chi connectivity index (χ1v) is 10.8. The molecule has 0 atom stereocenters. The summed E-state index contributed by atoms with van der Waals surface area (Å²) >= 11 is 0. The molecule has 0 saturated carbocycles. The van der Waals surface area contributed by atoms with Crippen molar-refractivity contribution < 1.29 is 5.11 Å². The van der Waals surface area contributed by atoms with Crippen molar-refractivity contribution in [1.29, 1.82) is 0 Å². The van der Waals surface area contributed by atoms with Crippen molar-refractivity contribution >= 4 is 16.9 Å². The van der Waals surface area contributed by atoms with Gasteiger partial charge < -0.3 is 5.11 Å². The Hall–Kier alpha value is -3.62. The fraction of sp³-hybridized carbons (Fsp3) is 0.391. The number of aromatic hydroxyl groups is 1. The molecular formula is C23H27N5O4. The molecule has 32 heavy (non-hydrogen) atoms. The van der Waals surface area contributed by atoms with Gasteiger partial charge in [-0.05, 0) is 18.4 Å². The summed E-state index contributed by atoms with van der Waals surface area (Å²) in [4.78, 5) is 43.3. The lowest BCUT2D eigenvalue weighted by atomic mass is 10.1. The molecule has 0 aliphatic rings. The molecule has 9 heteroatoms. The Balaban J connectivity index is 2.06. The second-order valence-electron chi connectivity index (χ2n) is 8.11. The number of hydrogen-bond acceptors (Lipinski definition) is 5. The number of nitrogens with zero attached hydrogens (tertiary/aromatic N) is 5. The van der Waals surface area contributed by atoms with E-state index in [-0.39, 0.29) is 34.9 Å². The van der Waals surface area contributed by atoms with Crippen molar-refractivity contribution in [2.45, 2.75) is 45.6 Å². The van der Waals surface area contributed by atoms with Crippen LogP contribution < -0.4 is 16.8 Å². The van der Waals surface area contributed by atoms with Crippen LogP contribution in [0.25, 0.3) is 16.9 Å². The van der Waals surface area contributed by atoms with E-state index in [0.29, 0.717) is 6.42 Å². The number of unbranched alkanes of at least 4 members (excludes halogenated alkanes) is 3. The maximum atomic E-state index is 13.5. The molecule has 9 nitrogen and oxygen atoms in total. The van der Waals surface area contributed by atoms with E-state index in [1.165, 1.54) is 27.6 Å². The summed E-state index contributed by atoms with van der Waals surface area (Å²) in [5, 5.41) is 11.1. The molecular weight excluding hydrogens is 410 g/mol. The van der Waals surface area contributed by atoms with Gasteiger partial charge in [0.1, 0.15) is 0 Å². The van der Waals surface area contributed by atoms with Crippen LogP contribution in [0.5, 0.6) is 5.88 Å². The third-order valence-electron chi connectivity index (χ3n) is 5.93. The standard InChI is InChI=1S/C23H27N5O4/c1-4-5-6-10-13-16-19(29)27(14-15-11-8-7-9-12-15)22-24-18-17(28(22)20(16)30)21(31)26(3)23(32)25(18)2/h7-9,11-12,29H,4-6,10,13-14H2,1-3H3. The smallest absolute Gasteiger partial charge is 0.332 e. The van der Waals surface area contributed by atoms with Crippen LogP contribution in [-0.4, -0.2) is 28.2 Å². The number of rotatable bonds is 7.